The van der Waals surface area contributed by atoms with Gasteiger partial charge in [0.1, 0.15) is 0 Å². The predicted molar refractivity (Wildman–Crippen MR) is 58.2 cm³/mol. The fraction of sp³-hybridized carbons (Fsp3) is 1.00. The number of aliphatic hydroxyl groups excluding tert-OH is 1. The normalized spacial score (nSPS) is 26.6. The molecule has 2 fully saturated rings. The van der Waals surface area contributed by atoms with Gasteiger partial charge < -0.3 is 5.11 Å². The van der Waals surface area contributed by atoms with Crippen molar-refractivity contribution in [3.63, 3.8) is 0 Å². The summed E-state index contributed by atoms with van der Waals surface area (Å²) in [5.74, 6) is 0.979. The summed E-state index contributed by atoms with van der Waals surface area (Å²) in [6.45, 7) is 5.46. The van der Waals surface area contributed by atoms with Crippen LogP contribution in [0.15, 0.2) is 0 Å². The van der Waals surface area contributed by atoms with Crippen LogP contribution in [0.1, 0.15) is 46.0 Å². The van der Waals surface area contributed by atoms with E-state index in [9.17, 15) is 5.11 Å². The van der Waals surface area contributed by atoms with E-state index in [-0.39, 0.29) is 6.10 Å². The molecule has 2 aliphatic rings. The van der Waals surface area contributed by atoms with Crippen LogP contribution in [0.25, 0.3) is 0 Å². The van der Waals surface area contributed by atoms with Crippen LogP contribution >= 0.6 is 0 Å². The van der Waals surface area contributed by atoms with E-state index in [4.69, 9.17) is 0 Å². The Morgan fingerprint density at radius 2 is 1.86 bits per heavy atom. The summed E-state index contributed by atoms with van der Waals surface area (Å²) in [6, 6.07) is 1.42. The molecule has 2 heteroatoms. The average molecular weight is 197 g/mol. The Morgan fingerprint density at radius 3 is 2.29 bits per heavy atom. The SMILES string of the molecule is CC(O)CC(C)N(CC1CC1)C1CC1. The number of aliphatic hydroxyl groups is 1. The van der Waals surface area contributed by atoms with Gasteiger partial charge >= 0.3 is 0 Å². The predicted octanol–water partition coefficient (Wildman–Crippen LogP) is 2.02. The molecule has 0 bridgehead atoms. The molecule has 2 atom stereocenters. The van der Waals surface area contributed by atoms with Gasteiger partial charge in [-0.3, -0.25) is 4.90 Å². The van der Waals surface area contributed by atoms with Gasteiger partial charge in [-0.15, -0.1) is 0 Å². The first-order chi connectivity index (χ1) is 6.66. The largest absolute Gasteiger partial charge is 0.393 e. The third-order valence-corrected chi connectivity index (χ3v) is 3.43. The molecule has 2 unspecified atom stereocenters. The Labute approximate surface area is 87.3 Å². The molecule has 0 spiro atoms. The molecule has 1 N–H and O–H groups in total. The molecule has 0 aromatic carbocycles. The van der Waals surface area contributed by atoms with Crippen LogP contribution in [0.5, 0.6) is 0 Å². The van der Waals surface area contributed by atoms with E-state index in [1.54, 1.807) is 0 Å². The molecule has 0 heterocycles. The van der Waals surface area contributed by atoms with Crippen molar-refractivity contribution in [1.29, 1.82) is 0 Å². The Balaban J connectivity index is 1.81. The number of rotatable bonds is 6. The highest BCUT2D eigenvalue weighted by Gasteiger charge is 2.36. The highest BCUT2D eigenvalue weighted by atomic mass is 16.3. The molecular weight excluding hydrogens is 174 g/mol. The molecule has 0 aromatic heterocycles. The van der Waals surface area contributed by atoms with Gasteiger partial charge in [0, 0.05) is 18.6 Å². The minimum Gasteiger partial charge on any atom is -0.393 e. The summed E-state index contributed by atoms with van der Waals surface area (Å²) >= 11 is 0. The Kier molecular flexibility index (Phi) is 3.13. The summed E-state index contributed by atoms with van der Waals surface area (Å²) in [5, 5.41) is 9.40. The Hall–Kier alpha value is -0.0800. The first kappa shape index (κ1) is 10.4. The monoisotopic (exact) mass is 197 g/mol. The van der Waals surface area contributed by atoms with Crippen LogP contribution in [0.3, 0.4) is 0 Å². The molecule has 2 aliphatic carbocycles. The van der Waals surface area contributed by atoms with Crippen LogP contribution in [0, 0.1) is 5.92 Å². The van der Waals surface area contributed by atoms with Crippen molar-refractivity contribution in [2.45, 2.75) is 64.1 Å². The van der Waals surface area contributed by atoms with E-state index in [0.29, 0.717) is 6.04 Å². The van der Waals surface area contributed by atoms with E-state index in [0.717, 1.165) is 18.4 Å². The van der Waals surface area contributed by atoms with Crippen molar-refractivity contribution in [3.8, 4) is 0 Å². The van der Waals surface area contributed by atoms with Crippen LogP contribution in [-0.4, -0.2) is 34.7 Å². The molecular formula is C12H23NO. The lowest BCUT2D eigenvalue weighted by Gasteiger charge is -2.30. The van der Waals surface area contributed by atoms with Crippen molar-refractivity contribution >= 4 is 0 Å². The molecule has 0 saturated heterocycles. The molecule has 0 amide bonds. The van der Waals surface area contributed by atoms with Crippen molar-refractivity contribution < 1.29 is 5.11 Å². The van der Waals surface area contributed by atoms with Crippen LogP contribution in [0.2, 0.25) is 0 Å². The average Bonchev–Trinajstić information content (AvgIpc) is 2.94. The Bertz CT molecular complexity index is 185. The fourth-order valence-corrected chi connectivity index (χ4v) is 2.32. The number of hydrogen-bond acceptors (Lipinski definition) is 2. The quantitative estimate of drug-likeness (QED) is 0.704. The minimum absolute atomic E-state index is 0.148. The van der Waals surface area contributed by atoms with Crippen LogP contribution in [0.4, 0.5) is 0 Å². The van der Waals surface area contributed by atoms with Gasteiger partial charge in [-0.25, -0.2) is 0 Å². The van der Waals surface area contributed by atoms with Crippen LogP contribution < -0.4 is 0 Å². The van der Waals surface area contributed by atoms with Gasteiger partial charge in [0.25, 0.3) is 0 Å². The van der Waals surface area contributed by atoms with Gasteiger partial charge in [-0.2, -0.15) is 0 Å². The zero-order chi connectivity index (χ0) is 10.1. The lowest BCUT2D eigenvalue weighted by atomic mass is 10.1. The third kappa shape index (κ3) is 2.96. The summed E-state index contributed by atoms with van der Waals surface area (Å²) in [4.78, 5) is 2.64. The number of nitrogens with zero attached hydrogens (tertiary/aromatic N) is 1. The standard InChI is InChI=1S/C12H23NO/c1-9(7-10(2)14)13(12-5-6-12)8-11-3-4-11/h9-12,14H,3-8H2,1-2H3. The second-order valence-corrected chi connectivity index (χ2v) is 5.31. The van der Waals surface area contributed by atoms with Crippen molar-refractivity contribution in [2.24, 2.45) is 5.92 Å². The van der Waals surface area contributed by atoms with Crippen molar-refractivity contribution in [1.82, 2.24) is 4.90 Å². The Morgan fingerprint density at radius 1 is 1.21 bits per heavy atom. The van der Waals surface area contributed by atoms with Crippen molar-refractivity contribution in [3.05, 3.63) is 0 Å². The maximum atomic E-state index is 9.40. The molecule has 82 valence electrons. The van der Waals surface area contributed by atoms with E-state index < -0.39 is 0 Å². The molecule has 0 radical (unpaired) electrons. The second kappa shape index (κ2) is 4.19. The zero-order valence-corrected chi connectivity index (χ0v) is 9.45. The smallest absolute Gasteiger partial charge is 0.0526 e. The summed E-state index contributed by atoms with van der Waals surface area (Å²) < 4.78 is 0. The van der Waals surface area contributed by atoms with Gasteiger partial charge in [0.2, 0.25) is 0 Å². The molecule has 2 nitrogen and oxygen atoms in total. The van der Waals surface area contributed by atoms with Gasteiger partial charge in [0.15, 0.2) is 0 Å². The molecule has 14 heavy (non-hydrogen) atoms. The zero-order valence-electron chi connectivity index (χ0n) is 9.45. The van der Waals surface area contributed by atoms with Gasteiger partial charge in [-0.05, 0) is 51.9 Å². The van der Waals surface area contributed by atoms with Gasteiger partial charge in [-0.1, -0.05) is 0 Å². The first-order valence-corrected chi connectivity index (χ1v) is 6.10. The molecule has 2 saturated carbocycles. The topological polar surface area (TPSA) is 23.5 Å². The summed E-state index contributed by atoms with van der Waals surface area (Å²) in [6.07, 6.45) is 6.43. The molecule has 0 aliphatic heterocycles. The third-order valence-electron chi connectivity index (χ3n) is 3.43. The minimum atomic E-state index is -0.148. The second-order valence-electron chi connectivity index (χ2n) is 5.31. The lowest BCUT2D eigenvalue weighted by molar-refractivity contribution is 0.112. The fourth-order valence-electron chi connectivity index (χ4n) is 2.32. The number of hydrogen-bond donors (Lipinski definition) is 1. The van der Waals surface area contributed by atoms with Crippen LogP contribution in [-0.2, 0) is 0 Å². The molecule has 2 rings (SSSR count). The maximum Gasteiger partial charge on any atom is 0.0526 e. The van der Waals surface area contributed by atoms with E-state index in [2.05, 4.69) is 11.8 Å². The maximum absolute atomic E-state index is 9.40. The highest BCUT2D eigenvalue weighted by Crippen LogP contribution is 2.36. The van der Waals surface area contributed by atoms with E-state index in [1.807, 2.05) is 6.92 Å². The van der Waals surface area contributed by atoms with Gasteiger partial charge in [0.05, 0.1) is 6.10 Å². The lowest BCUT2D eigenvalue weighted by Crippen LogP contribution is -2.38. The van der Waals surface area contributed by atoms with E-state index in [1.165, 1.54) is 32.2 Å². The first-order valence-electron chi connectivity index (χ1n) is 6.10. The summed E-state index contributed by atoms with van der Waals surface area (Å²) in [5.41, 5.74) is 0. The molecule has 0 aromatic rings. The summed E-state index contributed by atoms with van der Waals surface area (Å²) in [7, 11) is 0. The highest BCUT2D eigenvalue weighted by molar-refractivity contribution is 4.91. The van der Waals surface area contributed by atoms with E-state index >= 15 is 0 Å². The van der Waals surface area contributed by atoms with Crippen molar-refractivity contribution in [2.75, 3.05) is 6.54 Å².